The van der Waals surface area contributed by atoms with Gasteiger partial charge in [-0.15, -0.1) is 0 Å². The molecule has 0 atom stereocenters. The topological polar surface area (TPSA) is 73.0 Å². The average Bonchev–Trinajstić information content (AvgIpc) is 2.86. The van der Waals surface area contributed by atoms with Crippen molar-refractivity contribution in [1.29, 1.82) is 0 Å². The first-order valence-corrected chi connectivity index (χ1v) is 5.81. The van der Waals surface area contributed by atoms with Crippen molar-refractivity contribution < 1.29 is 9.32 Å². The second-order valence-corrected chi connectivity index (χ2v) is 4.14. The number of nitrogens with zero attached hydrogens (tertiary/aromatic N) is 3. The van der Waals surface area contributed by atoms with Gasteiger partial charge in [-0.2, -0.15) is 5.10 Å². The van der Waals surface area contributed by atoms with Gasteiger partial charge < -0.3 is 9.84 Å². The molecule has 1 amide bonds. The number of nitrogens with one attached hydrogen (secondary N) is 1. The minimum Gasteiger partial charge on any atom is -0.359 e. The minimum absolute atomic E-state index is 0.193. The molecular formula is C12H16N4O2. The zero-order valence-corrected chi connectivity index (χ0v) is 10.9. The lowest BCUT2D eigenvalue weighted by atomic mass is 10.2. The summed E-state index contributed by atoms with van der Waals surface area (Å²) < 4.78 is 6.74. The molecule has 0 aliphatic rings. The van der Waals surface area contributed by atoms with Crippen LogP contribution in [0.2, 0.25) is 0 Å². The number of carbonyl (C=O) groups is 1. The van der Waals surface area contributed by atoms with Crippen LogP contribution < -0.4 is 5.32 Å². The minimum atomic E-state index is -0.193. The van der Waals surface area contributed by atoms with E-state index in [1.165, 1.54) is 0 Å². The molecule has 0 bridgehead atoms. The Morgan fingerprint density at radius 2 is 2.11 bits per heavy atom. The van der Waals surface area contributed by atoms with Gasteiger partial charge in [0.05, 0.1) is 11.3 Å². The van der Waals surface area contributed by atoms with Gasteiger partial charge in [-0.3, -0.25) is 9.48 Å². The lowest BCUT2D eigenvalue weighted by Crippen LogP contribution is -2.13. The van der Waals surface area contributed by atoms with E-state index in [1.54, 1.807) is 24.7 Å². The molecule has 0 saturated carbocycles. The van der Waals surface area contributed by atoms with Crippen molar-refractivity contribution in [2.24, 2.45) is 0 Å². The molecule has 2 rings (SSSR count). The Bertz CT molecular complexity index is 563. The van der Waals surface area contributed by atoms with Gasteiger partial charge in [0.15, 0.2) is 5.76 Å². The molecular weight excluding hydrogens is 232 g/mol. The van der Waals surface area contributed by atoms with Crippen LogP contribution >= 0.6 is 0 Å². The summed E-state index contributed by atoms with van der Waals surface area (Å²) in [7, 11) is 0. The maximum atomic E-state index is 12.1. The lowest BCUT2D eigenvalue weighted by Gasteiger charge is -2.02. The molecule has 96 valence electrons. The molecule has 2 heterocycles. The third-order valence-corrected chi connectivity index (χ3v) is 2.79. The maximum absolute atomic E-state index is 12.1. The van der Waals surface area contributed by atoms with E-state index >= 15 is 0 Å². The molecule has 0 aliphatic carbocycles. The molecule has 0 spiro atoms. The van der Waals surface area contributed by atoms with E-state index < -0.39 is 0 Å². The normalized spacial score (nSPS) is 10.7. The van der Waals surface area contributed by atoms with Gasteiger partial charge in [0, 0.05) is 12.7 Å². The molecule has 2 aromatic rings. The van der Waals surface area contributed by atoms with E-state index in [2.05, 4.69) is 15.6 Å². The average molecular weight is 248 g/mol. The standard InChI is InChI=1S/C12H16N4O2/c1-5-16-6-10(7(2)14-16)12(17)13-11-8(3)15-18-9(11)4/h6H,5H2,1-4H3,(H,13,17). The molecule has 2 aromatic heterocycles. The molecule has 0 saturated heterocycles. The summed E-state index contributed by atoms with van der Waals surface area (Å²) in [6.07, 6.45) is 1.74. The van der Waals surface area contributed by atoms with Crippen LogP contribution in [0, 0.1) is 20.8 Å². The third-order valence-electron chi connectivity index (χ3n) is 2.79. The number of rotatable bonds is 3. The quantitative estimate of drug-likeness (QED) is 0.902. The molecule has 0 aromatic carbocycles. The molecule has 0 radical (unpaired) electrons. The summed E-state index contributed by atoms with van der Waals surface area (Å²) >= 11 is 0. The predicted octanol–water partition coefficient (Wildman–Crippen LogP) is 2.07. The Balaban J connectivity index is 2.24. The van der Waals surface area contributed by atoms with E-state index in [9.17, 15) is 4.79 Å². The number of anilines is 1. The Kier molecular flexibility index (Phi) is 3.18. The second-order valence-electron chi connectivity index (χ2n) is 4.14. The highest BCUT2D eigenvalue weighted by Crippen LogP contribution is 2.20. The van der Waals surface area contributed by atoms with Gasteiger partial charge in [-0.05, 0) is 27.7 Å². The smallest absolute Gasteiger partial charge is 0.259 e. The third kappa shape index (κ3) is 2.13. The van der Waals surface area contributed by atoms with Gasteiger partial charge in [-0.1, -0.05) is 5.16 Å². The maximum Gasteiger partial charge on any atom is 0.259 e. The first-order chi connectivity index (χ1) is 8.52. The van der Waals surface area contributed by atoms with Crippen LogP contribution in [-0.2, 0) is 6.54 Å². The number of amides is 1. The predicted molar refractivity (Wildman–Crippen MR) is 66.6 cm³/mol. The van der Waals surface area contributed by atoms with Crippen LogP contribution in [0.25, 0.3) is 0 Å². The van der Waals surface area contributed by atoms with Gasteiger partial charge >= 0.3 is 0 Å². The number of hydrogen-bond donors (Lipinski definition) is 1. The second kappa shape index (κ2) is 4.64. The summed E-state index contributed by atoms with van der Waals surface area (Å²) in [5, 5.41) is 10.8. The van der Waals surface area contributed by atoms with E-state index in [4.69, 9.17) is 4.52 Å². The van der Waals surface area contributed by atoms with E-state index in [-0.39, 0.29) is 5.91 Å². The van der Waals surface area contributed by atoms with E-state index in [0.29, 0.717) is 28.4 Å². The van der Waals surface area contributed by atoms with Crippen molar-refractivity contribution >= 4 is 11.6 Å². The number of aromatic nitrogens is 3. The SMILES string of the molecule is CCn1cc(C(=O)Nc2c(C)noc2C)c(C)n1. The van der Waals surface area contributed by atoms with Crippen molar-refractivity contribution in [3.8, 4) is 0 Å². The zero-order valence-electron chi connectivity index (χ0n) is 10.9. The number of aryl methyl sites for hydroxylation is 4. The Labute approximate surface area is 105 Å². The van der Waals surface area contributed by atoms with Crippen molar-refractivity contribution in [1.82, 2.24) is 14.9 Å². The van der Waals surface area contributed by atoms with Gasteiger partial charge in [0.25, 0.3) is 5.91 Å². The van der Waals surface area contributed by atoms with Crippen LogP contribution in [0.1, 0.15) is 34.4 Å². The Morgan fingerprint density at radius 3 is 2.61 bits per heavy atom. The van der Waals surface area contributed by atoms with Crippen LogP contribution in [0.3, 0.4) is 0 Å². The molecule has 0 fully saturated rings. The van der Waals surface area contributed by atoms with E-state index in [0.717, 1.165) is 6.54 Å². The highest BCUT2D eigenvalue weighted by Gasteiger charge is 2.17. The lowest BCUT2D eigenvalue weighted by molar-refractivity contribution is 0.102. The first kappa shape index (κ1) is 12.3. The van der Waals surface area contributed by atoms with Crippen LogP contribution in [0.4, 0.5) is 5.69 Å². The molecule has 0 unspecified atom stereocenters. The number of carbonyl (C=O) groups excluding carboxylic acids is 1. The summed E-state index contributed by atoms with van der Waals surface area (Å²) in [5.41, 5.74) is 2.57. The largest absolute Gasteiger partial charge is 0.359 e. The van der Waals surface area contributed by atoms with Gasteiger partial charge in [0.1, 0.15) is 11.4 Å². The molecule has 6 heteroatoms. The Hall–Kier alpha value is -2.11. The van der Waals surface area contributed by atoms with E-state index in [1.807, 2.05) is 13.8 Å². The first-order valence-electron chi connectivity index (χ1n) is 5.81. The molecule has 18 heavy (non-hydrogen) atoms. The van der Waals surface area contributed by atoms with Crippen molar-refractivity contribution in [3.05, 3.63) is 28.9 Å². The summed E-state index contributed by atoms with van der Waals surface area (Å²) in [5.74, 6) is 0.406. The number of hydrogen-bond acceptors (Lipinski definition) is 4. The van der Waals surface area contributed by atoms with Gasteiger partial charge in [0.2, 0.25) is 0 Å². The summed E-state index contributed by atoms with van der Waals surface area (Å²) in [4.78, 5) is 12.1. The summed E-state index contributed by atoms with van der Waals surface area (Å²) in [6.45, 7) is 8.07. The molecule has 1 N–H and O–H groups in total. The van der Waals surface area contributed by atoms with Crippen molar-refractivity contribution in [2.45, 2.75) is 34.2 Å². The molecule has 0 aliphatic heterocycles. The van der Waals surface area contributed by atoms with Crippen LogP contribution in [0.5, 0.6) is 0 Å². The fourth-order valence-electron chi connectivity index (χ4n) is 1.75. The van der Waals surface area contributed by atoms with Crippen LogP contribution in [0.15, 0.2) is 10.7 Å². The van der Waals surface area contributed by atoms with Gasteiger partial charge in [-0.25, -0.2) is 0 Å². The molecule has 6 nitrogen and oxygen atoms in total. The Morgan fingerprint density at radius 1 is 1.39 bits per heavy atom. The highest BCUT2D eigenvalue weighted by molar-refractivity contribution is 6.05. The van der Waals surface area contributed by atoms with Crippen molar-refractivity contribution in [3.63, 3.8) is 0 Å². The highest BCUT2D eigenvalue weighted by atomic mass is 16.5. The fourth-order valence-corrected chi connectivity index (χ4v) is 1.75. The van der Waals surface area contributed by atoms with Crippen molar-refractivity contribution in [2.75, 3.05) is 5.32 Å². The zero-order chi connectivity index (χ0) is 13.3. The summed E-state index contributed by atoms with van der Waals surface area (Å²) in [6, 6.07) is 0. The van der Waals surface area contributed by atoms with Crippen LogP contribution in [-0.4, -0.2) is 20.8 Å². The monoisotopic (exact) mass is 248 g/mol. The fraction of sp³-hybridized carbons (Fsp3) is 0.417.